The number of unbranched alkanes of at least 4 members (excludes halogenated alkanes) is 1. The second-order valence-corrected chi connectivity index (χ2v) is 3.96. The van der Waals surface area contributed by atoms with E-state index in [9.17, 15) is 4.79 Å². The lowest BCUT2D eigenvalue weighted by Gasteiger charge is -2.06. The van der Waals surface area contributed by atoms with Gasteiger partial charge in [0.05, 0.1) is 0 Å². The predicted octanol–water partition coefficient (Wildman–Crippen LogP) is 2.49. The number of nitrogens with zero attached hydrogens (tertiary/aromatic N) is 1. The molecule has 0 saturated carbocycles. The quantitative estimate of drug-likeness (QED) is 0.769. The Kier molecular flexibility index (Phi) is 4.66. The Hall–Kier alpha value is -0.990. The lowest BCUT2D eigenvalue weighted by atomic mass is 10.1. The van der Waals surface area contributed by atoms with Crippen LogP contribution in [0.2, 0.25) is 0 Å². The summed E-state index contributed by atoms with van der Waals surface area (Å²) in [6.07, 6.45) is 5.30. The van der Waals surface area contributed by atoms with Crippen molar-refractivity contribution in [1.82, 2.24) is 9.78 Å². The molecule has 0 aliphatic carbocycles. The summed E-state index contributed by atoms with van der Waals surface area (Å²) in [7, 11) is 0. The molecule has 0 saturated heterocycles. The van der Waals surface area contributed by atoms with Crippen molar-refractivity contribution in [2.75, 3.05) is 0 Å². The van der Waals surface area contributed by atoms with Gasteiger partial charge in [-0.15, -0.1) is 0 Å². The van der Waals surface area contributed by atoms with Gasteiger partial charge in [0.2, 0.25) is 0 Å². The molecule has 1 aromatic heterocycles. The van der Waals surface area contributed by atoms with E-state index in [-0.39, 0.29) is 5.56 Å². The Morgan fingerprint density at radius 1 is 1.13 bits per heavy atom. The topological polar surface area (TPSA) is 37.8 Å². The molecule has 0 unspecified atom stereocenters. The van der Waals surface area contributed by atoms with E-state index in [1.165, 1.54) is 12.1 Å². The fourth-order valence-corrected chi connectivity index (χ4v) is 1.96. The normalized spacial score (nSPS) is 10.9. The smallest absolute Gasteiger partial charge is 0.267 e. The summed E-state index contributed by atoms with van der Waals surface area (Å²) < 4.78 is 2.00. The standard InChI is InChI=1S/C12H22N2O/c1-4-7-9-11-10(8-5-2)12(15)13-14(11)6-3/h4-9H2,1-3H3,(H,13,15). The summed E-state index contributed by atoms with van der Waals surface area (Å²) in [4.78, 5) is 11.7. The molecular formula is C12H22N2O. The summed E-state index contributed by atoms with van der Waals surface area (Å²) in [5, 5.41) is 2.92. The Morgan fingerprint density at radius 2 is 1.87 bits per heavy atom. The van der Waals surface area contributed by atoms with Crippen LogP contribution in [0.15, 0.2) is 4.79 Å². The maximum atomic E-state index is 11.7. The minimum absolute atomic E-state index is 0.116. The average Bonchev–Trinajstić information content (AvgIpc) is 2.53. The highest BCUT2D eigenvalue weighted by Crippen LogP contribution is 2.10. The van der Waals surface area contributed by atoms with Gasteiger partial charge < -0.3 is 0 Å². The third kappa shape index (κ3) is 2.74. The largest absolute Gasteiger partial charge is 0.289 e. The minimum Gasteiger partial charge on any atom is -0.289 e. The first-order valence-corrected chi connectivity index (χ1v) is 6.05. The van der Waals surface area contributed by atoms with E-state index in [2.05, 4.69) is 25.9 Å². The van der Waals surface area contributed by atoms with E-state index in [1.807, 2.05) is 4.68 Å². The number of hydrogen-bond acceptors (Lipinski definition) is 1. The monoisotopic (exact) mass is 210 g/mol. The van der Waals surface area contributed by atoms with Crippen LogP contribution in [-0.2, 0) is 19.4 Å². The van der Waals surface area contributed by atoms with Crippen LogP contribution in [0.1, 0.15) is 51.3 Å². The van der Waals surface area contributed by atoms with Crippen LogP contribution in [0.25, 0.3) is 0 Å². The van der Waals surface area contributed by atoms with Crippen LogP contribution in [0.4, 0.5) is 0 Å². The van der Waals surface area contributed by atoms with Crippen LogP contribution < -0.4 is 5.56 Å². The molecule has 0 fully saturated rings. The number of aryl methyl sites for hydroxylation is 1. The molecule has 3 nitrogen and oxygen atoms in total. The van der Waals surface area contributed by atoms with Crippen molar-refractivity contribution in [1.29, 1.82) is 0 Å². The molecule has 0 atom stereocenters. The van der Waals surface area contributed by atoms with Crippen molar-refractivity contribution in [2.24, 2.45) is 0 Å². The number of H-pyrrole nitrogens is 1. The number of rotatable bonds is 6. The fourth-order valence-electron chi connectivity index (χ4n) is 1.96. The molecule has 1 aromatic rings. The molecule has 0 spiro atoms. The fraction of sp³-hybridized carbons (Fsp3) is 0.750. The van der Waals surface area contributed by atoms with Gasteiger partial charge in [0, 0.05) is 17.8 Å². The van der Waals surface area contributed by atoms with Crippen molar-refractivity contribution >= 4 is 0 Å². The van der Waals surface area contributed by atoms with E-state index in [1.54, 1.807) is 0 Å². The van der Waals surface area contributed by atoms with E-state index < -0.39 is 0 Å². The molecule has 1 N–H and O–H groups in total. The minimum atomic E-state index is 0.116. The number of nitrogens with one attached hydrogen (secondary N) is 1. The summed E-state index contributed by atoms with van der Waals surface area (Å²) in [6, 6.07) is 0. The van der Waals surface area contributed by atoms with Gasteiger partial charge in [0.25, 0.3) is 5.56 Å². The molecule has 0 bridgehead atoms. The number of aromatic amines is 1. The first-order valence-electron chi connectivity index (χ1n) is 6.05. The van der Waals surface area contributed by atoms with Crippen LogP contribution in [0, 0.1) is 0 Å². The molecule has 0 radical (unpaired) electrons. The molecule has 0 aliphatic rings. The molecule has 1 rings (SSSR count). The Balaban J connectivity index is 2.99. The van der Waals surface area contributed by atoms with Gasteiger partial charge in [-0.3, -0.25) is 14.6 Å². The predicted molar refractivity (Wildman–Crippen MR) is 63.3 cm³/mol. The zero-order valence-electron chi connectivity index (χ0n) is 10.1. The highest BCUT2D eigenvalue weighted by molar-refractivity contribution is 5.18. The molecule has 0 aliphatic heterocycles. The summed E-state index contributed by atoms with van der Waals surface area (Å²) in [6.45, 7) is 7.23. The Labute approximate surface area is 91.5 Å². The molecule has 86 valence electrons. The van der Waals surface area contributed by atoms with E-state index >= 15 is 0 Å². The second kappa shape index (κ2) is 5.79. The van der Waals surface area contributed by atoms with Gasteiger partial charge >= 0.3 is 0 Å². The van der Waals surface area contributed by atoms with Gasteiger partial charge in [-0.05, 0) is 26.2 Å². The molecule has 0 amide bonds. The SMILES string of the molecule is CCCCc1c(CCC)c(=O)[nH]n1CC. The maximum Gasteiger partial charge on any atom is 0.267 e. The average molecular weight is 210 g/mol. The molecule has 1 heterocycles. The van der Waals surface area contributed by atoms with Crippen molar-refractivity contribution in [3.63, 3.8) is 0 Å². The van der Waals surface area contributed by atoms with Gasteiger partial charge in [0.15, 0.2) is 0 Å². The Morgan fingerprint density at radius 3 is 2.40 bits per heavy atom. The lowest BCUT2D eigenvalue weighted by molar-refractivity contribution is 0.601. The third-order valence-electron chi connectivity index (χ3n) is 2.77. The molecule has 0 aromatic carbocycles. The number of hydrogen-bond donors (Lipinski definition) is 1. The molecule has 15 heavy (non-hydrogen) atoms. The number of aromatic nitrogens is 2. The highest BCUT2D eigenvalue weighted by Gasteiger charge is 2.12. The lowest BCUT2D eigenvalue weighted by Crippen LogP contribution is -2.07. The van der Waals surface area contributed by atoms with Gasteiger partial charge in [0.1, 0.15) is 0 Å². The van der Waals surface area contributed by atoms with Crippen LogP contribution in [-0.4, -0.2) is 9.78 Å². The third-order valence-corrected chi connectivity index (χ3v) is 2.77. The summed E-state index contributed by atoms with van der Waals surface area (Å²) >= 11 is 0. The van der Waals surface area contributed by atoms with E-state index in [0.29, 0.717) is 0 Å². The molecular weight excluding hydrogens is 188 g/mol. The zero-order chi connectivity index (χ0) is 11.3. The first kappa shape index (κ1) is 12.1. The Bertz CT molecular complexity index is 349. The summed E-state index contributed by atoms with van der Waals surface area (Å²) in [5.41, 5.74) is 2.35. The summed E-state index contributed by atoms with van der Waals surface area (Å²) in [5.74, 6) is 0. The van der Waals surface area contributed by atoms with Crippen LogP contribution in [0.5, 0.6) is 0 Å². The van der Waals surface area contributed by atoms with E-state index in [4.69, 9.17) is 0 Å². The maximum absolute atomic E-state index is 11.7. The van der Waals surface area contributed by atoms with Crippen molar-refractivity contribution in [2.45, 2.75) is 59.4 Å². The van der Waals surface area contributed by atoms with Gasteiger partial charge in [-0.25, -0.2) is 0 Å². The van der Waals surface area contributed by atoms with Crippen molar-refractivity contribution in [3.05, 3.63) is 21.6 Å². The van der Waals surface area contributed by atoms with Gasteiger partial charge in [-0.2, -0.15) is 0 Å². The zero-order valence-corrected chi connectivity index (χ0v) is 10.1. The van der Waals surface area contributed by atoms with Crippen LogP contribution in [0.3, 0.4) is 0 Å². The second-order valence-electron chi connectivity index (χ2n) is 3.96. The van der Waals surface area contributed by atoms with Crippen molar-refractivity contribution in [3.8, 4) is 0 Å². The first-order chi connectivity index (χ1) is 7.24. The van der Waals surface area contributed by atoms with E-state index in [0.717, 1.165) is 37.8 Å². The van der Waals surface area contributed by atoms with Crippen LogP contribution >= 0.6 is 0 Å². The van der Waals surface area contributed by atoms with Crippen molar-refractivity contribution < 1.29 is 0 Å². The van der Waals surface area contributed by atoms with Gasteiger partial charge in [-0.1, -0.05) is 26.7 Å². The molecule has 3 heteroatoms. The highest BCUT2D eigenvalue weighted by atomic mass is 16.1.